The summed E-state index contributed by atoms with van der Waals surface area (Å²) in [5, 5.41) is 0. The number of nitrogens with zero attached hydrogens (tertiary/aromatic N) is 2. The summed E-state index contributed by atoms with van der Waals surface area (Å²) in [6.45, 7) is 0.652. The molecule has 15 heavy (non-hydrogen) atoms. The second-order valence-corrected chi connectivity index (χ2v) is 5.76. The summed E-state index contributed by atoms with van der Waals surface area (Å²) >= 11 is 5.15. The fourth-order valence-corrected chi connectivity index (χ4v) is 2.94. The van der Waals surface area contributed by atoms with Crippen molar-refractivity contribution in [1.29, 1.82) is 0 Å². The molecule has 2 aromatic rings. The van der Waals surface area contributed by atoms with Crippen LogP contribution in [0.25, 0.3) is 10.6 Å². The van der Waals surface area contributed by atoms with E-state index in [4.69, 9.17) is 5.73 Å². The van der Waals surface area contributed by atoms with Gasteiger partial charge in [0.2, 0.25) is 0 Å². The highest BCUT2D eigenvalue weighted by molar-refractivity contribution is 9.11. The normalized spacial score (nSPS) is 10.9. The summed E-state index contributed by atoms with van der Waals surface area (Å²) in [6.07, 6.45) is 2.70. The van der Waals surface area contributed by atoms with Gasteiger partial charge >= 0.3 is 0 Å². The average Bonchev–Trinajstić information content (AvgIpc) is 2.76. The molecule has 0 fully saturated rings. The van der Waals surface area contributed by atoms with E-state index in [2.05, 4.69) is 27.0 Å². The Morgan fingerprint density at radius 1 is 1.53 bits per heavy atom. The number of aromatic nitrogens is 2. The van der Waals surface area contributed by atoms with Gasteiger partial charge in [-0.1, -0.05) is 0 Å². The number of rotatable bonds is 3. The van der Waals surface area contributed by atoms with Crippen LogP contribution in [0.5, 0.6) is 0 Å². The van der Waals surface area contributed by atoms with Crippen molar-refractivity contribution in [1.82, 2.24) is 9.55 Å². The first-order chi connectivity index (χ1) is 7.22. The van der Waals surface area contributed by atoms with E-state index in [0.717, 1.165) is 15.9 Å². The van der Waals surface area contributed by atoms with E-state index >= 15 is 0 Å². The first-order valence-electron chi connectivity index (χ1n) is 4.68. The van der Waals surface area contributed by atoms with E-state index in [1.165, 1.54) is 10.6 Å². The quantitative estimate of drug-likeness (QED) is 0.941. The van der Waals surface area contributed by atoms with E-state index in [9.17, 15) is 0 Å². The highest BCUT2D eigenvalue weighted by atomic mass is 79.9. The monoisotopic (exact) mass is 285 g/mol. The molecule has 2 rings (SSSR count). The number of imidazole rings is 1. The van der Waals surface area contributed by atoms with Gasteiger partial charge in [-0.15, -0.1) is 11.3 Å². The molecule has 0 atom stereocenters. The summed E-state index contributed by atoms with van der Waals surface area (Å²) in [5.41, 5.74) is 7.85. The molecule has 0 saturated heterocycles. The molecule has 0 bridgehead atoms. The summed E-state index contributed by atoms with van der Waals surface area (Å²) in [7, 11) is 2.00. The van der Waals surface area contributed by atoms with Gasteiger partial charge in [0.15, 0.2) is 0 Å². The fourth-order valence-electron chi connectivity index (χ4n) is 1.53. The van der Waals surface area contributed by atoms with Gasteiger partial charge in [0.25, 0.3) is 0 Å². The minimum atomic E-state index is 0.652. The van der Waals surface area contributed by atoms with Crippen molar-refractivity contribution in [2.24, 2.45) is 12.8 Å². The fraction of sp³-hybridized carbons (Fsp3) is 0.300. The number of hydrogen-bond acceptors (Lipinski definition) is 3. The SMILES string of the molecule is Cn1cnc(-c2ccc(Br)s2)c1CCN. The molecular formula is C10H12BrN3S. The molecule has 0 aliphatic heterocycles. The second kappa shape index (κ2) is 4.47. The highest BCUT2D eigenvalue weighted by Gasteiger charge is 2.11. The zero-order valence-corrected chi connectivity index (χ0v) is 10.8. The van der Waals surface area contributed by atoms with Crippen LogP contribution < -0.4 is 5.73 Å². The van der Waals surface area contributed by atoms with Gasteiger partial charge < -0.3 is 10.3 Å². The summed E-state index contributed by atoms with van der Waals surface area (Å²) in [5.74, 6) is 0. The second-order valence-electron chi connectivity index (χ2n) is 3.29. The summed E-state index contributed by atoms with van der Waals surface area (Å²) in [6, 6.07) is 4.12. The molecule has 0 aliphatic carbocycles. The molecule has 0 aliphatic rings. The van der Waals surface area contributed by atoms with E-state index < -0.39 is 0 Å². The number of halogens is 1. The maximum absolute atomic E-state index is 5.59. The van der Waals surface area contributed by atoms with Crippen molar-refractivity contribution in [2.45, 2.75) is 6.42 Å². The third kappa shape index (κ3) is 2.14. The molecular weight excluding hydrogens is 274 g/mol. The van der Waals surface area contributed by atoms with E-state index in [1.807, 2.05) is 24.0 Å². The first kappa shape index (κ1) is 10.9. The molecule has 0 aromatic carbocycles. The smallest absolute Gasteiger partial charge is 0.101 e. The van der Waals surface area contributed by atoms with E-state index in [-0.39, 0.29) is 0 Å². The lowest BCUT2D eigenvalue weighted by Crippen LogP contribution is -2.07. The Labute approximate surface area is 101 Å². The number of hydrogen-bond donors (Lipinski definition) is 1. The molecule has 80 valence electrons. The largest absolute Gasteiger partial charge is 0.337 e. The maximum Gasteiger partial charge on any atom is 0.101 e. The molecule has 0 unspecified atom stereocenters. The molecule has 0 amide bonds. The van der Waals surface area contributed by atoms with Crippen LogP contribution in [0.1, 0.15) is 5.69 Å². The van der Waals surface area contributed by atoms with Crippen molar-refractivity contribution in [2.75, 3.05) is 6.54 Å². The lowest BCUT2D eigenvalue weighted by atomic mass is 10.2. The van der Waals surface area contributed by atoms with Gasteiger partial charge in [0.05, 0.1) is 15.0 Å². The van der Waals surface area contributed by atoms with Gasteiger partial charge in [-0.3, -0.25) is 0 Å². The number of thiophene rings is 1. The van der Waals surface area contributed by atoms with Gasteiger partial charge in [-0.2, -0.15) is 0 Å². The predicted molar refractivity (Wildman–Crippen MR) is 67.0 cm³/mol. The molecule has 3 nitrogen and oxygen atoms in total. The first-order valence-corrected chi connectivity index (χ1v) is 6.29. The third-order valence-electron chi connectivity index (χ3n) is 2.25. The van der Waals surface area contributed by atoms with E-state index in [0.29, 0.717) is 6.54 Å². The van der Waals surface area contributed by atoms with Crippen LogP contribution in [0.3, 0.4) is 0 Å². The Morgan fingerprint density at radius 2 is 2.33 bits per heavy atom. The van der Waals surface area contributed by atoms with Crippen LogP contribution in [0.4, 0.5) is 0 Å². The maximum atomic E-state index is 5.59. The van der Waals surface area contributed by atoms with E-state index in [1.54, 1.807) is 11.3 Å². The van der Waals surface area contributed by atoms with Crippen LogP contribution in [-0.2, 0) is 13.5 Å². The molecule has 0 saturated carbocycles. The Hall–Kier alpha value is -0.650. The summed E-state index contributed by atoms with van der Waals surface area (Å²) in [4.78, 5) is 5.60. The minimum Gasteiger partial charge on any atom is -0.337 e. The molecule has 0 spiro atoms. The average molecular weight is 286 g/mol. The summed E-state index contributed by atoms with van der Waals surface area (Å²) < 4.78 is 3.16. The van der Waals surface area contributed by atoms with Crippen LogP contribution in [0.15, 0.2) is 22.2 Å². The van der Waals surface area contributed by atoms with Gasteiger partial charge in [-0.05, 0) is 34.6 Å². The van der Waals surface area contributed by atoms with Crippen LogP contribution in [0.2, 0.25) is 0 Å². The Morgan fingerprint density at radius 3 is 2.93 bits per heavy atom. The molecule has 2 aromatic heterocycles. The predicted octanol–water partition coefficient (Wildman–Crippen LogP) is 2.41. The number of nitrogens with two attached hydrogens (primary N) is 1. The van der Waals surface area contributed by atoms with Crippen molar-refractivity contribution in [3.05, 3.63) is 27.9 Å². The van der Waals surface area contributed by atoms with Crippen molar-refractivity contribution >= 4 is 27.3 Å². The van der Waals surface area contributed by atoms with Crippen molar-refractivity contribution in [3.8, 4) is 10.6 Å². The highest BCUT2D eigenvalue weighted by Crippen LogP contribution is 2.32. The van der Waals surface area contributed by atoms with Crippen molar-refractivity contribution < 1.29 is 0 Å². The molecule has 2 heterocycles. The van der Waals surface area contributed by atoms with Crippen LogP contribution in [0, 0.1) is 0 Å². The Kier molecular flexibility index (Phi) is 3.23. The minimum absolute atomic E-state index is 0.652. The van der Waals surface area contributed by atoms with Crippen LogP contribution in [-0.4, -0.2) is 16.1 Å². The topological polar surface area (TPSA) is 43.8 Å². The lowest BCUT2D eigenvalue weighted by molar-refractivity contribution is 0.806. The Bertz CT molecular complexity index is 461. The van der Waals surface area contributed by atoms with Crippen LogP contribution >= 0.6 is 27.3 Å². The lowest BCUT2D eigenvalue weighted by Gasteiger charge is -2.02. The molecule has 0 radical (unpaired) electrons. The zero-order valence-electron chi connectivity index (χ0n) is 8.40. The van der Waals surface area contributed by atoms with Crippen molar-refractivity contribution in [3.63, 3.8) is 0 Å². The number of aryl methyl sites for hydroxylation is 1. The standard InChI is InChI=1S/C10H12BrN3S/c1-14-6-13-10(7(14)4-5-12)8-2-3-9(11)15-8/h2-3,6H,4-5,12H2,1H3. The molecule has 2 N–H and O–H groups in total. The molecule has 5 heteroatoms. The Balaban J connectivity index is 2.43. The van der Waals surface area contributed by atoms with Gasteiger partial charge in [-0.25, -0.2) is 4.98 Å². The zero-order chi connectivity index (χ0) is 10.8. The van der Waals surface area contributed by atoms with Gasteiger partial charge in [0, 0.05) is 19.2 Å². The van der Waals surface area contributed by atoms with Gasteiger partial charge in [0.1, 0.15) is 5.69 Å². The third-order valence-corrected chi connectivity index (χ3v) is 3.88.